The minimum absolute atomic E-state index is 0.121. The van der Waals surface area contributed by atoms with E-state index in [2.05, 4.69) is 5.32 Å². The molecule has 3 N–H and O–H groups in total. The minimum Gasteiger partial charge on any atom is -0.477 e. The Labute approximate surface area is 87.5 Å². The Balaban J connectivity index is 0. The summed E-state index contributed by atoms with van der Waals surface area (Å²) < 4.78 is 11.5. The zero-order valence-electron chi connectivity index (χ0n) is 8.71. The van der Waals surface area contributed by atoms with Gasteiger partial charge in [-0.1, -0.05) is 13.8 Å². The standard InChI is InChI=1S/C7H9FN2O3.C2H6/c8-3-4-10-6(11)2-1-5(9)7(12)13;1-2/h1-2,9H,3-4H2,(H,10,11)(H,12,13);1-2H3/b2-1-,9-5?;. The molecule has 0 heterocycles. The normalized spacial score (nSPS) is 9.00. The Hall–Kier alpha value is -1.72. The summed E-state index contributed by atoms with van der Waals surface area (Å²) in [4.78, 5) is 20.7. The number of carboxylic acids is 1. The highest BCUT2D eigenvalue weighted by Gasteiger charge is 2.01. The van der Waals surface area contributed by atoms with Crippen LogP contribution in [0.4, 0.5) is 4.39 Å². The molecule has 0 aromatic heterocycles. The molecule has 0 bridgehead atoms. The molecule has 0 aliphatic carbocycles. The van der Waals surface area contributed by atoms with Crippen LogP contribution in [0.2, 0.25) is 0 Å². The van der Waals surface area contributed by atoms with Crippen molar-refractivity contribution < 1.29 is 19.1 Å². The fourth-order valence-corrected chi connectivity index (χ4v) is 0.460. The third kappa shape index (κ3) is 10.2. The van der Waals surface area contributed by atoms with E-state index in [1.54, 1.807) is 0 Å². The molecule has 0 saturated carbocycles. The van der Waals surface area contributed by atoms with Crippen molar-refractivity contribution in [2.24, 2.45) is 0 Å². The predicted octanol–water partition coefficient (Wildman–Crippen LogP) is 0.759. The van der Waals surface area contributed by atoms with Gasteiger partial charge in [0, 0.05) is 12.6 Å². The van der Waals surface area contributed by atoms with Crippen LogP contribution in [0.5, 0.6) is 0 Å². The maximum Gasteiger partial charge on any atom is 0.353 e. The number of hydrogen-bond donors (Lipinski definition) is 3. The maximum atomic E-state index is 11.5. The van der Waals surface area contributed by atoms with Crippen molar-refractivity contribution in [3.63, 3.8) is 0 Å². The third-order valence-electron chi connectivity index (χ3n) is 1.03. The van der Waals surface area contributed by atoms with E-state index >= 15 is 0 Å². The molecular formula is C9H15FN2O3. The van der Waals surface area contributed by atoms with Crippen LogP contribution in [0.3, 0.4) is 0 Å². The molecule has 0 saturated heterocycles. The van der Waals surface area contributed by atoms with E-state index in [0.29, 0.717) is 0 Å². The van der Waals surface area contributed by atoms with Gasteiger partial charge in [0.05, 0.1) is 0 Å². The lowest BCUT2D eigenvalue weighted by Gasteiger charge is -1.95. The Kier molecular flexibility index (Phi) is 10.9. The highest BCUT2D eigenvalue weighted by atomic mass is 19.1. The minimum atomic E-state index is -1.42. The van der Waals surface area contributed by atoms with Gasteiger partial charge in [-0.25, -0.2) is 9.18 Å². The Morgan fingerprint density at radius 1 is 1.40 bits per heavy atom. The molecule has 86 valence electrons. The van der Waals surface area contributed by atoms with E-state index in [1.165, 1.54) is 0 Å². The number of alkyl halides is 1. The van der Waals surface area contributed by atoms with Crippen molar-refractivity contribution in [3.8, 4) is 0 Å². The number of hydrogen-bond acceptors (Lipinski definition) is 3. The van der Waals surface area contributed by atoms with Crippen molar-refractivity contribution >= 4 is 17.6 Å². The number of carbonyl (C=O) groups excluding carboxylic acids is 1. The summed E-state index contributed by atoms with van der Waals surface area (Å²) in [6.07, 6.45) is 1.70. The van der Waals surface area contributed by atoms with Gasteiger partial charge in [0.15, 0.2) is 0 Å². The average molecular weight is 218 g/mol. The molecule has 0 rings (SSSR count). The first-order valence-electron chi connectivity index (χ1n) is 4.41. The van der Waals surface area contributed by atoms with E-state index in [9.17, 15) is 14.0 Å². The molecule has 1 amide bonds. The van der Waals surface area contributed by atoms with Crippen molar-refractivity contribution in [2.75, 3.05) is 13.2 Å². The lowest BCUT2D eigenvalue weighted by Crippen LogP contribution is -2.23. The predicted molar refractivity (Wildman–Crippen MR) is 54.8 cm³/mol. The van der Waals surface area contributed by atoms with Crippen molar-refractivity contribution in [1.82, 2.24) is 5.32 Å². The largest absolute Gasteiger partial charge is 0.477 e. The van der Waals surface area contributed by atoms with Crippen LogP contribution in [0.1, 0.15) is 13.8 Å². The highest BCUT2D eigenvalue weighted by molar-refractivity contribution is 6.39. The fourth-order valence-electron chi connectivity index (χ4n) is 0.460. The van der Waals surface area contributed by atoms with Crippen molar-refractivity contribution in [1.29, 1.82) is 5.41 Å². The third-order valence-corrected chi connectivity index (χ3v) is 1.03. The van der Waals surface area contributed by atoms with Gasteiger partial charge >= 0.3 is 5.97 Å². The number of rotatable bonds is 5. The van der Waals surface area contributed by atoms with Gasteiger partial charge < -0.3 is 10.4 Å². The molecule has 0 unspecified atom stereocenters. The Bertz CT molecular complexity index is 252. The summed E-state index contributed by atoms with van der Waals surface area (Å²) in [5.74, 6) is -2.04. The van der Waals surface area contributed by atoms with Gasteiger partial charge in [-0.3, -0.25) is 10.2 Å². The van der Waals surface area contributed by atoms with Crippen molar-refractivity contribution in [3.05, 3.63) is 12.2 Å². The van der Waals surface area contributed by atoms with Crippen LogP contribution >= 0.6 is 0 Å². The van der Waals surface area contributed by atoms with Crippen LogP contribution in [-0.2, 0) is 9.59 Å². The monoisotopic (exact) mass is 218 g/mol. The molecule has 0 aliphatic rings. The van der Waals surface area contributed by atoms with E-state index in [4.69, 9.17) is 10.5 Å². The molecule has 0 fully saturated rings. The molecule has 0 atom stereocenters. The molecule has 15 heavy (non-hydrogen) atoms. The SMILES string of the molecule is CC.N=C(/C=C\C(=O)NCCF)C(=O)O. The van der Waals surface area contributed by atoms with Gasteiger partial charge in [0.25, 0.3) is 0 Å². The maximum absolute atomic E-state index is 11.5. The Morgan fingerprint density at radius 2 is 1.93 bits per heavy atom. The van der Waals surface area contributed by atoms with Gasteiger partial charge in [-0.05, 0) is 6.08 Å². The quantitative estimate of drug-likeness (QED) is 0.470. The first kappa shape index (κ1) is 15.7. The topological polar surface area (TPSA) is 90.3 Å². The fraction of sp³-hybridized carbons (Fsp3) is 0.444. The van der Waals surface area contributed by atoms with Crippen LogP contribution in [0, 0.1) is 5.41 Å². The molecule has 0 spiro atoms. The van der Waals surface area contributed by atoms with Gasteiger partial charge in [0.2, 0.25) is 5.91 Å². The van der Waals surface area contributed by atoms with Crippen molar-refractivity contribution in [2.45, 2.75) is 13.8 Å². The number of carboxylic acid groups (broad SMARTS) is 1. The molecule has 0 aliphatic heterocycles. The summed E-state index contributed by atoms with van der Waals surface area (Å²) in [5.41, 5.74) is -0.699. The summed E-state index contributed by atoms with van der Waals surface area (Å²) in [6, 6.07) is 0. The molecule has 5 nitrogen and oxygen atoms in total. The lowest BCUT2D eigenvalue weighted by atomic mass is 10.3. The number of nitrogens with one attached hydrogen (secondary N) is 2. The van der Waals surface area contributed by atoms with Gasteiger partial charge in [0.1, 0.15) is 12.4 Å². The second-order valence-electron chi connectivity index (χ2n) is 2.03. The van der Waals surface area contributed by atoms with Crippen LogP contribution in [-0.4, -0.2) is 35.9 Å². The molecule has 6 heteroatoms. The highest BCUT2D eigenvalue weighted by Crippen LogP contribution is 1.79. The molecule has 0 aromatic carbocycles. The van der Waals surface area contributed by atoms with Gasteiger partial charge in [-0.2, -0.15) is 0 Å². The number of carbonyl (C=O) groups is 2. The summed E-state index contributed by atoms with van der Waals surface area (Å²) >= 11 is 0. The van der Waals surface area contributed by atoms with Crippen LogP contribution < -0.4 is 5.32 Å². The first-order valence-corrected chi connectivity index (χ1v) is 4.41. The van der Waals surface area contributed by atoms with Crippen LogP contribution in [0.25, 0.3) is 0 Å². The van der Waals surface area contributed by atoms with E-state index in [1.807, 2.05) is 13.8 Å². The average Bonchev–Trinajstić information content (AvgIpc) is 2.25. The van der Waals surface area contributed by atoms with E-state index in [-0.39, 0.29) is 6.54 Å². The number of aliphatic carboxylic acids is 1. The van der Waals surface area contributed by atoms with E-state index in [0.717, 1.165) is 12.2 Å². The number of amides is 1. The second kappa shape index (κ2) is 10.4. The van der Waals surface area contributed by atoms with Gasteiger partial charge in [-0.15, -0.1) is 0 Å². The second-order valence-corrected chi connectivity index (χ2v) is 2.03. The molecular weight excluding hydrogens is 203 g/mol. The molecule has 0 radical (unpaired) electrons. The summed E-state index contributed by atoms with van der Waals surface area (Å²) in [7, 11) is 0. The Morgan fingerprint density at radius 3 is 2.33 bits per heavy atom. The van der Waals surface area contributed by atoms with E-state index < -0.39 is 24.3 Å². The zero-order chi connectivity index (χ0) is 12.3. The summed E-state index contributed by atoms with van der Waals surface area (Å²) in [5, 5.41) is 17.1. The first-order chi connectivity index (χ1) is 7.07. The van der Waals surface area contributed by atoms with Crippen LogP contribution in [0.15, 0.2) is 12.2 Å². The summed E-state index contributed by atoms with van der Waals surface area (Å²) in [6.45, 7) is 3.19. The zero-order valence-corrected chi connectivity index (χ0v) is 8.71. The lowest BCUT2D eigenvalue weighted by molar-refractivity contribution is -0.129. The number of halogens is 1. The molecule has 0 aromatic rings. The smallest absolute Gasteiger partial charge is 0.353 e.